The zero-order valence-corrected chi connectivity index (χ0v) is 7.19. The summed E-state index contributed by atoms with van der Waals surface area (Å²) in [5, 5.41) is 1.68. The summed E-state index contributed by atoms with van der Waals surface area (Å²) < 4.78 is 10.5. The minimum absolute atomic E-state index is 0.552. The number of rotatable bonds is 1. The molecule has 2 heterocycles. The van der Waals surface area contributed by atoms with Crippen LogP contribution in [0.15, 0.2) is 39.6 Å². The Bertz CT molecular complexity index is 567. The smallest absolute Gasteiger partial charge is 0.154 e. The Hall–Kier alpha value is -2.03. The van der Waals surface area contributed by atoms with Gasteiger partial charge in [0.1, 0.15) is 11.2 Å². The van der Waals surface area contributed by atoms with Crippen LogP contribution in [0.2, 0.25) is 0 Å². The van der Waals surface area contributed by atoms with E-state index in [1.807, 2.05) is 12.1 Å². The molecular weight excluding hydrogens is 180 g/mol. The number of aldehydes is 1. The van der Waals surface area contributed by atoms with Crippen molar-refractivity contribution in [3.63, 3.8) is 0 Å². The third-order valence-corrected chi connectivity index (χ3v) is 2.33. The molecule has 14 heavy (non-hydrogen) atoms. The molecule has 3 rings (SSSR count). The van der Waals surface area contributed by atoms with Crippen LogP contribution in [-0.4, -0.2) is 6.29 Å². The first-order chi connectivity index (χ1) is 6.90. The summed E-state index contributed by atoms with van der Waals surface area (Å²) in [5.41, 5.74) is 1.88. The van der Waals surface area contributed by atoms with E-state index in [1.54, 1.807) is 18.6 Å². The van der Waals surface area contributed by atoms with Crippen LogP contribution in [0.25, 0.3) is 21.9 Å². The van der Waals surface area contributed by atoms with Gasteiger partial charge in [-0.2, -0.15) is 0 Å². The summed E-state index contributed by atoms with van der Waals surface area (Å²) in [6.07, 6.45) is 3.93. The molecule has 3 aromatic rings. The second-order valence-electron chi connectivity index (χ2n) is 3.08. The fraction of sp³-hybridized carbons (Fsp3) is 0. The highest BCUT2D eigenvalue weighted by molar-refractivity contribution is 6.08. The maximum Gasteiger partial charge on any atom is 0.154 e. The molecule has 0 radical (unpaired) electrons. The van der Waals surface area contributed by atoms with Crippen LogP contribution < -0.4 is 0 Å². The summed E-state index contributed by atoms with van der Waals surface area (Å²) in [5.74, 6) is 0. The minimum atomic E-state index is 0.552. The number of hydrogen-bond acceptors (Lipinski definition) is 3. The summed E-state index contributed by atoms with van der Waals surface area (Å²) in [4.78, 5) is 10.9. The van der Waals surface area contributed by atoms with Crippen LogP contribution in [0.1, 0.15) is 10.4 Å². The second kappa shape index (κ2) is 2.48. The van der Waals surface area contributed by atoms with Crippen molar-refractivity contribution in [2.45, 2.75) is 0 Å². The average molecular weight is 186 g/mol. The third kappa shape index (κ3) is 0.785. The second-order valence-corrected chi connectivity index (χ2v) is 3.08. The van der Waals surface area contributed by atoms with Crippen molar-refractivity contribution in [2.24, 2.45) is 0 Å². The highest BCUT2D eigenvalue weighted by Gasteiger charge is 2.10. The van der Waals surface area contributed by atoms with Crippen LogP contribution in [0.5, 0.6) is 0 Å². The van der Waals surface area contributed by atoms with E-state index in [4.69, 9.17) is 8.83 Å². The first kappa shape index (κ1) is 7.38. The summed E-state index contributed by atoms with van der Waals surface area (Å²) in [6.45, 7) is 0. The van der Waals surface area contributed by atoms with Gasteiger partial charge in [-0.05, 0) is 18.2 Å². The molecule has 0 amide bonds. The van der Waals surface area contributed by atoms with Crippen LogP contribution in [0.4, 0.5) is 0 Å². The van der Waals surface area contributed by atoms with Crippen LogP contribution >= 0.6 is 0 Å². The lowest BCUT2D eigenvalue weighted by molar-refractivity contribution is 0.112. The molecule has 0 saturated heterocycles. The van der Waals surface area contributed by atoms with Crippen LogP contribution in [-0.2, 0) is 0 Å². The molecular formula is C11H6O3. The molecule has 0 aliphatic heterocycles. The van der Waals surface area contributed by atoms with Crippen molar-refractivity contribution in [1.29, 1.82) is 0 Å². The Balaban J connectivity index is 2.66. The Morgan fingerprint density at radius 1 is 1.14 bits per heavy atom. The lowest BCUT2D eigenvalue weighted by Crippen LogP contribution is -1.81. The maximum absolute atomic E-state index is 10.9. The summed E-state index contributed by atoms with van der Waals surface area (Å²) in [6, 6.07) is 5.44. The molecule has 1 aromatic carbocycles. The highest BCUT2D eigenvalue weighted by atomic mass is 16.3. The molecule has 3 heteroatoms. The van der Waals surface area contributed by atoms with E-state index < -0.39 is 0 Å². The van der Waals surface area contributed by atoms with Crippen LogP contribution in [0, 0.1) is 0 Å². The number of fused-ring (bicyclic) bond motifs is 2. The normalized spacial score (nSPS) is 11.1. The fourth-order valence-electron chi connectivity index (χ4n) is 1.69. The Morgan fingerprint density at radius 2 is 2.00 bits per heavy atom. The Morgan fingerprint density at radius 3 is 2.86 bits per heavy atom. The molecule has 0 fully saturated rings. The number of benzene rings is 1. The zero-order chi connectivity index (χ0) is 9.54. The molecule has 0 aliphatic rings. The quantitative estimate of drug-likeness (QED) is 0.548. The Kier molecular flexibility index (Phi) is 1.31. The topological polar surface area (TPSA) is 43.4 Å². The molecule has 3 nitrogen and oxygen atoms in total. The first-order valence-corrected chi connectivity index (χ1v) is 4.23. The monoisotopic (exact) mass is 186 g/mol. The van der Waals surface area contributed by atoms with Crippen molar-refractivity contribution in [2.75, 3.05) is 0 Å². The molecule has 0 unspecified atom stereocenters. The van der Waals surface area contributed by atoms with Crippen molar-refractivity contribution < 1.29 is 13.6 Å². The summed E-state index contributed by atoms with van der Waals surface area (Å²) >= 11 is 0. The van der Waals surface area contributed by atoms with Gasteiger partial charge in [0.15, 0.2) is 6.29 Å². The number of carbonyl (C=O) groups is 1. The largest absolute Gasteiger partial charge is 0.464 e. The predicted molar refractivity (Wildman–Crippen MR) is 51.4 cm³/mol. The van der Waals surface area contributed by atoms with Crippen molar-refractivity contribution >= 4 is 28.2 Å². The molecule has 0 aliphatic carbocycles. The third-order valence-electron chi connectivity index (χ3n) is 2.33. The van der Waals surface area contributed by atoms with Gasteiger partial charge in [0.25, 0.3) is 0 Å². The molecule has 0 bridgehead atoms. The zero-order valence-electron chi connectivity index (χ0n) is 7.19. The van der Waals surface area contributed by atoms with Gasteiger partial charge in [0.05, 0.1) is 18.1 Å². The van der Waals surface area contributed by atoms with E-state index in [0.29, 0.717) is 16.7 Å². The predicted octanol–water partition coefficient (Wildman–Crippen LogP) is 2.99. The van der Waals surface area contributed by atoms with Crippen molar-refractivity contribution in [3.05, 3.63) is 36.3 Å². The number of furan rings is 2. The number of hydrogen-bond donors (Lipinski definition) is 0. The summed E-state index contributed by atoms with van der Waals surface area (Å²) in [7, 11) is 0. The molecule has 0 N–H and O–H groups in total. The van der Waals surface area contributed by atoms with Gasteiger partial charge < -0.3 is 8.83 Å². The molecule has 0 spiro atoms. The standard InChI is InChI=1S/C11H6O3/c12-6-9-8-2-4-13-10(8)5-7-1-3-14-11(7)9/h1-6H. The van der Waals surface area contributed by atoms with Gasteiger partial charge in [-0.3, -0.25) is 4.79 Å². The van der Waals surface area contributed by atoms with Gasteiger partial charge in [-0.25, -0.2) is 0 Å². The van der Waals surface area contributed by atoms with Gasteiger partial charge in [-0.15, -0.1) is 0 Å². The lowest BCUT2D eigenvalue weighted by Gasteiger charge is -1.94. The van der Waals surface area contributed by atoms with E-state index >= 15 is 0 Å². The van der Waals surface area contributed by atoms with E-state index in [-0.39, 0.29) is 0 Å². The number of carbonyl (C=O) groups excluding carboxylic acids is 1. The van der Waals surface area contributed by atoms with Gasteiger partial charge in [0.2, 0.25) is 0 Å². The van der Waals surface area contributed by atoms with Gasteiger partial charge in [-0.1, -0.05) is 0 Å². The molecule has 68 valence electrons. The van der Waals surface area contributed by atoms with Crippen LogP contribution in [0.3, 0.4) is 0 Å². The minimum Gasteiger partial charge on any atom is -0.464 e. The van der Waals surface area contributed by atoms with Crippen molar-refractivity contribution in [1.82, 2.24) is 0 Å². The average Bonchev–Trinajstić information content (AvgIpc) is 2.80. The maximum atomic E-state index is 10.9. The highest BCUT2D eigenvalue weighted by Crippen LogP contribution is 2.28. The van der Waals surface area contributed by atoms with Crippen molar-refractivity contribution in [3.8, 4) is 0 Å². The Labute approximate surface area is 78.9 Å². The molecule has 0 atom stereocenters. The SMILES string of the molecule is O=Cc1c2ccoc2cc2ccoc12. The first-order valence-electron chi connectivity index (χ1n) is 4.23. The van der Waals surface area contributed by atoms with E-state index in [9.17, 15) is 4.79 Å². The fourth-order valence-corrected chi connectivity index (χ4v) is 1.69. The van der Waals surface area contributed by atoms with E-state index in [0.717, 1.165) is 17.1 Å². The van der Waals surface area contributed by atoms with Gasteiger partial charge in [0, 0.05) is 10.8 Å². The molecule has 0 saturated carbocycles. The van der Waals surface area contributed by atoms with Gasteiger partial charge >= 0.3 is 0 Å². The van der Waals surface area contributed by atoms with E-state index in [2.05, 4.69) is 0 Å². The van der Waals surface area contributed by atoms with E-state index in [1.165, 1.54) is 0 Å². The lowest BCUT2D eigenvalue weighted by atomic mass is 10.1. The molecule has 2 aromatic heterocycles.